The Morgan fingerprint density at radius 3 is 2.19 bits per heavy atom. The molecule has 2 aromatic rings. The van der Waals surface area contributed by atoms with Crippen molar-refractivity contribution in [3.8, 4) is 0 Å². The average molecular weight is 372 g/mol. The molecule has 1 fully saturated rings. The van der Waals surface area contributed by atoms with E-state index < -0.39 is 10.0 Å². The molecular weight excluding hydrogens is 348 g/mol. The third kappa shape index (κ3) is 3.97. The summed E-state index contributed by atoms with van der Waals surface area (Å²) >= 11 is 0. The number of benzene rings is 2. The fourth-order valence-electron chi connectivity index (χ4n) is 3.12. The summed E-state index contributed by atoms with van der Waals surface area (Å²) in [5.74, 6) is 0.0463. The average Bonchev–Trinajstić information content (AvgIpc) is 2.65. The smallest absolute Gasteiger partial charge is 0.243 e. The van der Waals surface area contributed by atoms with E-state index in [-0.39, 0.29) is 5.91 Å². The van der Waals surface area contributed by atoms with E-state index in [1.54, 1.807) is 35.2 Å². The van der Waals surface area contributed by atoms with E-state index in [0.29, 0.717) is 37.5 Å². The summed E-state index contributed by atoms with van der Waals surface area (Å²) in [4.78, 5) is 14.6. The number of sulfonamides is 1. The van der Waals surface area contributed by atoms with Crippen LogP contribution in [-0.2, 0) is 21.2 Å². The van der Waals surface area contributed by atoms with Crippen LogP contribution in [0, 0.1) is 13.8 Å². The molecule has 6 heteroatoms. The van der Waals surface area contributed by atoms with Crippen LogP contribution in [-0.4, -0.2) is 49.7 Å². The van der Waals surface area contributed by atoms with E-state index in [4.69, 9.17) is 0 Å². The van der Waals surface area contributed by atoms with Gasteiger partial charge in [-0.25, -0.2) is 8.42 Å². The van der Waals surface area contributed by atoms with Crippen LogP contribution in [0.15, 0.2) is 53.4 Å². The van der Waals surface area contributed by atoms with E-state index in [2.05, 4.69) is 0 Å². The highest BCUT2D eigenvalue weighted by Crippen LogP contribution is 2.18. The zero-order chi connectivity index (χ0) is 18.7. The lowest BCUT2D eigenvalue weighted by Gasteiger charge is -2.34. The van der Waals surface area contributed by atoms with Gasteiger partial charge in [-0.05, 0) is 42.7 Å². The molecule has 1 aliphatic rings. The molecule has 3 rings (SSSR count). The van der Waals surface area contributed by atoms with Gasteiger partial charge in [0.25, 0.3) is 0 Å². The third-order valence-electron chi connectivity index (χ3n) is 4.90. The van der Waals surface area contributed by atoms with E-state index in [1.807, 2.05) is 32.0 Å². The molecule has 0 unspecified atom stereocenters. The van der Waals surface area contributed by atoms with Gasteiger partial charge in [0.2, 0.25) is 15.9 Å². The van der Waals surface area contributed by atoms with Gasteiger partial charge in [-0.2, -0.15) is 4.31 Å². The highest BCUT2D eigenvalue weighted by molar-refractivity contribution is 7.89. The van der Waals surface area contributed by atoms with E-state index in [1.165, 1.54) is 15.4 Å². The first-order chi connectivity index (χ1) is 12.4. The van der Waals surface area contributed by atoms with Crippen LogP contribution in [0.5, 0.6) is 0 Å². The molecule has 0 atom stereocenters. The van der Waals surface area contributed by atoms with Crippen molar-refractivity contribution in [3.63, 3.8) is 0 Å². The van der Waals surface area contributed by atoms with Crippen LogP contribution < -0.4 is 0 Å². The van der Waals surface area contributed by atoms with Crippen LogP contribution in [0.25, 0.3) is 0 Å². The van der Waals surface area contributed by atoms with Crippen molar-refractivity contribution in [1.82, 2.24) is 9.21 Å². The molecule has 0 bridgehead atoms. The second-order valence-electron chi connectivity index (χ2n) is 6.69. The zero-order valence-corrected chi connectivity index (χ0v) is 16.0. The maximum atomic E-state index is 12.6. The first kappa shape index (κ1) is 18.6. The number of rotatable bonds is 4. The molecule has 0 aliphatic carbocycles. The van der Waals surface area contributed by atoms with Gasteiger partial charge in [-0.15, -0.1) is 0 Å². The minimum Gasteiger partial charge on any atom is -0.340 e. The maximum absolute atomic E-state index is 12.6. The maximum Gasteiger partial charge on any atom is 0.243 e. The Balaban J connectivity index is 1.61. The molecule has 1 amide bonds. The summed E-state index contributed by atoms with van der Waals surface area (Å²) in [6, 6.07) is 14.5. The summed E-state index contributed by atoms with van der Waals surface area (Å²) < 4.78 is 26.8. The summed E-state index contributed by atoms with van der Waals surface area (Å²) in [7, 11) is -3.49. The number of piperazine rings is 1. The fourth-order valence-corrected chi connectivity index (χ4v) is 4.56. The Labute approximate surface area is 155 Å². The lowest BCUT2D eigenvalue weighted by atomic mass is 10.0. The molecule has 0 radical (unpaired) electrons. The molecule has 26 heavy (non-hydrogen) atoms. The Kier molecular flexibility index (Phi) is 5.44. The van der Waals surface area contributed by atoms with Crippen LogP contribution in [0.4, 0.5) is 0 Å². The van der Waals surface area contributed by atoms with E-state index in [9.17, 15) is 13.2 Å². The third-order valence-corrected chi connectivity index (χ3v) is 6.81. The summed E-state index contributed by atoms with van der Waals surface area (Å²) in [6.45, 7) is 5.60. The zero-order valence-electron chi connectivity index (χ0n) is 15.2. The highest BCUT2D eigenvalue weighted by atomic mass is 32.2. The quantitative estimate of drug-likeness (QED) is 0.828. The Morgan fingerprint density at radius 2 is 1.58 bits per heavy atom. The normalized spacial score (nSPS) is 15.8. The number of hydrogen-bond donors (Lipinski definition) is 0. The number of aryl methyl sites for hydroxylation is 2. The second kappa shape index (κ2) is 7.60. The minimum absolute atomic E-state index is 0.0463. The number of carbonyl (C=O) groups is 1. The molecule has 0 aromatic heterocycles. The predicted octanol–water partition coefficient (Wildman–Crippen LogP) is 2.38. The van der Waals surface area contributed by atoms with Gasteiger partial charge in [0.15, 0.2) is 0 Å². The summed E-state index contributed by atoms with van der Waals surface area (Å²) in [5, 5.41) is 0. The molecule has 0 spiro atoms. The van der Waals surface area contributed by atoms with Gasteiger partial charge in [0, 0.05) is 26.2 Å². The molecule has 138 valence electrons. The summed E-state index contributed by atoms with van der Waals surface area (Å²) in [5.41, 5.74) is 3.38. The first-order valence-electron chi connectivity index (χ1n) is 8.77. The second-order valence-corrected chi connectivity index (χ2v) is 8.63. The van der Waals surface area contributed by atoms with Gasteiger partial charge < -0.3 is 4.90 Å². The van der Waals surface area contributed by atoms with Crippen molar-refractivity contribution in [3.05, 3.63) is 65.2 Å². The Hall–Kier alpha value is -2.18. The standard InChI is InChI=1S/C20H24N2O3S/c1-16-8-9-18(14-17(16)2)15-20(23)21-10-12-22(13-11-21)26(24,25)19-6-4-3-5-7-19/h3-9,14H,10-13,15H2,1-2H3. The van der Waals surface area contributed by atoms with Crippen molar-refractivity contribution < 1.29 is 13.2 Å². The molecule has 0 N–H and O–H groups in total. The van der Waals surface area contributed by atoms with Crippen LogP contribution >= 0.6 is 0 Å². The molecule has 2 aromatic carbocycles. The van der Waals surface area contributed by atoms with Gasteiger partial charge in [0.1, 0.15) is 0 Å². The van der Waals surface area contributed by atoms with Crippen molar-refractivity contribution in [1.29, 1.82) is 0 Å². The molecule has 1 aliphatic heterocycles. The van der Waals surface area contributed by atoms with Crippen LogP contribution in [0.2, 0.25) is 0 Å². The van der Waals surface area contributed by atoms with Crippen LogP contribution in [0.1, 0.15) is 16.7 Å². The van der Waals surface area contributed by atoms with Crippen molar-refractivity contribution in [2.24, 2.45) is 0 Å². The number of nitrogens with zero attached hydrogens (tertiary/aromatic N) is 2. The Bertz CT molecular complexity index is 887. The van der Waals surface area contributed by atoms with E-state index in [0.717, 1.165) is 5.56 Å². The molecule has 1 saturated heterocycles. The van der Waals surface area contributed by atoms with Crippen molar-refractivity contribution in [2.45, 2.75) is 25.2 Å². The SMILES string of the molecule is Cc1ccc(CC(=O)N2CCN(S(=O)(=O)c3ccccc3)CC2)cc1C. The predicted molar refractivity (Wildman–Crippen MR) is 101 cm³/mol. The highest BCUT2D eigenvalue weighted by Gasteiger charge is 2.29. The monoisotopic (exact) mass is 372 g/mol. The summed E-state index contributed by atoms with van der Waals surface area (Å²) in [6.07, 6.45) is 0.354. The lowest BCUT2D eigenvalue weighted by molar-refractivity contribution is -0.131. The van der Waals surface area contributed by atoms with Crippen molar-refractivity contribution in [2.75, 3.05) is 26.2 Å². The number of hydrogen-bond acceptors (Lipinski definition) is 3. The Morgan fingerprint density at radius 1 is 0.923 bits per heavy atom. The molecular formula is C20H24N2O3S. The van der Waals surface area contributed by atoms with Gasteiger partial charge in [-0.3, -0.25) is 4.79 Å². The van der Waals surface area contributed by atoms with E-state index >= 15 is 0 Å². The van der Waals surface area contributed by atoms with Gasteiger partial charge in [0.05, 0.1) is 11.3 Å². The van der Waals surface area contributed by atoms with Gasteiger partial charge >= 0.3 is 0 Å². The molecule has 5 nitrogen and oxygen atoms in total. The molecule has 1 heterocycles. The number of carbonyl (C=O) groups excluding carboxylic acids is 1. The largest absolute Gasteiger partial charge is 0.340 e. The van der Waals surface area contributed by atoms with Crippen LogP contribution in [0.3, 0.4) is 0 Å². The van der Waals surface area contributed by atoms with Gasteiger partial charge in [-0.1, -0.05) is 36.4 Å². The number of amides is 1. The van der Waals surface area contributed by atoms with Crippen molar-refractivity contribution >= 4 is 15.9 Å². The first-order valence-corrected chi connectivity index (χ1v) is 10.2. The lowest BCUT2D eigenvalue weighted by Crippen LogP contribution is -2.50. The fraction of sp³-hybridized carbons (Fsp3) is 0.350. The topological polar surface area (TPSA) is 57.7 Å². The minimum atomic E-state index is -3.49. The molecule has 0 saturated carbocycles.